The average Bonchev–Trinajstić information content (AvgIpc) is 2.51. The van der Waals surface area contributed by atoms with Gasteiger partial charge in [0.25, 0.3) is 5.91 Å². The van der Waals surface area contributed by atoms with Crippen LogP contribution in [0.15, 0.2) is 36.4 Å². The molecule has 21 heavy (non-hydrogen) atoms. The highest BCUT2D eigenvalue weighted by molar-refractivity contribution is 6.06. The number of nitrogens with zero attached hydrogens (tertiary/aromatic N) is 1. The van der Waals surface area contributed by atoms with Crippen molar-refractivity contribution in [3.05, 3.63) is 59.4 Å². The van der Waals surface area contributed by atoms with Crippen molar-refractivity contribution in [2.45, 2.75) is 0 Å². The highest BCUT2D eigenvalue weighted by atomic mass is 19.2. The van der Waals surface area contributed by atoms with Crippen LogP contribution in [-0.4, -0.2) is 20.1 Å². The van der Waals surface area contributed by atoms with E-state index in [2.05, 4.69) is 0 Å². The Labute approximate surface area is 119 Å². The van der Waals surface area contributed by atoms with Crippen LogP contribution >= 0.6 is 0 Å². The van der Waals surface area contributed by atoms with Gasteiger partial charge in [0.05, 0.1) is 12.7 Å². The number of halogens is 3. The summed E-state index contributed by atoms with van der Waals surface area (Å²) in [5.41, 5.74) is -0.109. The average molecular weight is 295 g/mol. The molecule has 0 aromatic heterocycles. The maximum absolute atomic E-state index is 13.6. The summed E-state index contributed by atoms with van der Waals surface area (Å²) in [6.07, 6.45) is 0. The second-order valence-electron chi connectivity index (χ2n) is 4.29. The molecule has 0 radical (unpaired) electrons. The number of carbonyl (C=O) groups is 1. The van der Waals surface area contributed by atoms with Crippen LogP contribution in [-0.2, 0) is 0 Å². The molecule has 0 aliphatic rings. The largest absolute Gasteiger partial charge is 0.497 e. The number of hydrogen-bond acceptors (Lipinski definition) is 2. The number of anilines is 1. The van der Waals surface area contributed by atoms with E-state index in [1.807, 2.05) is 0 Å². The first-order chi connectivity index (χ1) is 9.95. The number of rotatable bonds is 3. The summed E-state index contributed by atoms with van der Waals surface area (Å²) < 4.78 is 44.8. The zero-order valence-electron chi connectivity index (χ0n) is 11.4. The molecule has 0 fully saturated rings. The summed E-state index contributed by atoms with van der Waals surface area (Å²) in [5.74, 6) is -4.79. The first-order valence-corrected chi connectivity index (χ1v) is 6.01. The Morgan fingerprint density at radius 1 is 1.10 bits per heavy atom. The van der Waals surface area contributed by atoms with Crippen molar-refractivity contribution in [3.8, 4) is 5.75 Å². The molecule has 0 heterocycles. The van der Waals surface area contributed by atoms with Gasteiger partial charge >= 0.3 is 0 Å². The number of methoxy groups -OCH3 is 1. The van der Waals surface area contributed by atoms with E-state index in [0.717, 1.165) is 11.0 Å². The van der Waals surface area contributed by atoms with Crippen LogP contribution in [0.1, 0.15) is 10.4 Å². The lowest BCUT2D eigenvalue weighted by Crippen LogP contribution is -2.27. The topological polar surface area (TPSA) is 29.5 Å². The minimum absolute atomic E-state index is 0.434. The molecule has 0 aliphatic carbocycles. The smallest absolute Gasteiger partial charge is 0.261 e. The van der Waals surface area contributed by atoms with Crippen LogP contribution in [0.3, 0.4) is 0 Å². The molecule has 110 valence electrons. The predicted molar refractivity (Wildman–Crippen MR) is 72.0 cm³/mol. The van der Waals surface area contributed by atoms with E-state index < -0.39 is 28.9 Å². The fourth-order valence-corrected chi connectivity index (χ4v) is 1.81. The van der Waals surface area contributed by atoms with E-state index in [1.165, 1.54) is 14.2 Å². The van der Waals surface area contributed by atoms with E-state index in [1.54, 1.807) is 24.3 Å². The summed E-state index contributed by atoms with van der Waals surface area (Å²) in [7, 11) is 2.87. The van der Waals surface area contributed by atoms with E-state index in [9.17, 15) is 18.0 Å². The number of benzene rings is 2. The highest BCUT2D eigenvalue weighted by Gasteiger charge is 2.22. The molecule has 1 amide bonds. The highest BCUT2D eigenvalue weighted by Crippen LogP contribution is 2.23. The van der Waals surface area contributed by atoms with Gasteiger partial charge in [-0.25, -0.2) is 13.2 Å². The van der Waals surface area contributed by atoms with Crippen molar-refractivity contribution < 1.29 is 22.7 Å². The zero-order valence-corrected chi connectivity index (χ0v) is 11.4. The first kappa shape index (κ1) is 14.9. The minimum Gasteiger partial charge on any atom is -0.497 e. The van der Waals surface area contributed by atoms with Gasteiger partial charge in [0.2, 0.25) is 0 Å². The molecule has 0 N–H and O–H groups in total. The summed E-state index contributed by atoms with van der Waals surface area (Å²) in [6, 6.07) is 8.13. The number of amides is 1. The molecule has 0 saturated heterocycles. The third kappa shape index (κ3) is 2.84. The third-order valence-electron chi connectivity index (χ3n) is 3.01. The molecular weight excluding hydrogens is 283 g/mol. The van der Waals surface area contributed by atoms with Gasteiger partial charge in [-0.3, -0.25) is 4.79 Å². The Balaban J connectivity index is 2.37. The molecule has 3 nitrogen and oxygen atoms in total. The monoisotopic (exact) mass is 295 g/mol. The Morgan fingerprint density at radius 2 is 1.81 bits per heavy atom. The van der Waals surface area contributed by atoms with Crippen molar-refractivity contribution in [1.82, 2.24) is 0 Å². The fourth-order valence-electron chi connectivity index (χ4n) is 1.81. The molecule has 2 rings (SSSR count). The van der Waals surface area contributed by atoms with Crippen molar-refractivity contribution >= 4 is 11.6 Å². The summed E-state index contributed by atoms with van der Waals surface area (Å²) in [4.78, 5) is 13.3. The van der Waals surface area contributed by atoms with Crippen LogP contribution in [0.5, 0.6) is 5.75 Å². The van der Waals surface area contributed by atoms with E-state index in [4.69, 9.17) is 4.74 Å². The Kier molecular flexibility index (Phi) is 4.16. The molecule has 0 bridgehead atoms. The van der Waals surface area contributed by atoms with Gasteiger partial charge in [0, 0.05) is 18.8 Å². The molecule has 0 aliphatic heterocycles. The van der Waals surface area contributed by atoms with Crippen molar-refractivity contribution in [3.63, 3.8) is 0 Å². The minimum atomic E-state index is -1.67. The van der Waals surface area contributed by atoms with E-state index >= 15 is 0 Å². The molecule has 0 spiro atoms. The van der Waals surface area contributed by atoms with Crippen molar-refractivity contribution in [2.24, 2.45) is 0 Å². The van der Waals surface area contributed by atoms with Gasteiger partial charge in [-0.1, -0.05) is 6.07 Å². The zero-order chi connectivity index (χ0) is 15.6. The number of hydrogen-bond donors (Lipinski definition) is 0. The van der Waals surface area contributed by atoms with Crippen LogP contribution in [0.2, 0.25) is 0 Å². The van der Waals surface area contributed by atoms with Gasteiger partial charge < -0.3 is 9.64 Å². The van der Waals surface area contributed by atoms with Gasteiger partial charge in [0.1, 0.15) is 5.75 Å². The SMILES string of the molecule is COc1cccc(N(C)C(=O)c2ccc(F)c(F)c2F)c1. The van der Waals surface area contributed by atoms with Gasteiger partial charge in [-0.2, -0.15) is 0 Å². The van der Waals surface area contributed by atoms with Gasteiger partial charge in [-0.15, -0.1) is 0 Å². The predicted octanol–water partition coefficient (Wildman–Crippen LogP) is 3.39. The maximum atomic E-state index is 13.6. The standard InChI is InChI=1S/C15H12F3NO2/c1-19(9-4-3-5-10(8-9)21-2)15(20)11-6-7-12(16)14(18)13(11)17/h3-8H,1-2H3. The second-order valence-corrected chi connectivity index (χ2v) is 4.29. The summed E-state index contributed by atoms with van der Waals surface area (Å²) in [6.45, 7) is 0. The quantitative estimate of drug-likeness (QED) is 0.812. The lowest BCUT2D eigenvalue weighted by Gasteiger charge is -2.18. The van der Waals surface area contributed by atoms with Gasteiger partial charge in [-0.05, 0) is 24.3 Å². The summed E-state index contributed by atoms with van der Waals surface area (Å²) >= 11 is 0. The van der Waals surface area contributed by atoms with Crippen LogP contribution in [0.4, 0.5) is 18.9 Å². The third-order valence-corrected chi connectivity index (χ3v) is 3.01. The Morgan fingerprint density at radius 3 is 2.48 bits per heavy atom. The van der Waals surface area contributed by atoms with Crippen LogP contribution in [0.25, 0.3) is 0 Å². The summed E-state index contributed by atoms with van der Waals surface area (Å²) in [5, 5.41) is 0. The second kappa shape index (κ2) is 5.87. The van der Waals surface area contributed by atoms with Crippen molar-refractivity contribution in [1.29, 1.82) is 0 Å². The van der Waals surface area contributed by atoms with Crippen LogP contribution < -0.4 is 9.64 Å². The molecule has 2 aromatic carbocycles. The lowest BCUT2D eigenvalue weighted by atomic mass is 10.1. The normalized spacial score (nSPS) is 10.3. The number of ether oxygens (including phenoxy) is 1. The maximum Gasteiger partial charge on any atom is 0.261 e. The van der Waals surface area contributed by atoms with E-state index in [0.29, 0.717) is 17.5 Å². The molecule has 6 heteroatoms. The molecule has 0 unspecified atom stereocenters. The van der Waals surface area contributed by atoms with Gasteiger partial charge in [0.15, 0.2) is 17.5 Å². The molecular formula is C15H12F3NO2. The first-order valence-electron chi connectivity index (χ1n) is 6.01. The molecule has 0 saturated carbocycles. The van der Waals surface area contributed by atoms with Crippen molar-refractivity contribution in [2.75, 3.05) is 19.1 Å². The number of carbonyl (C=O) groups excluding carboxylic acids is 1. The Hall–Kier alpha value is -2.50. The Bertz CT molecular complexity index is 689. The van der Waals surface area contributed by atoms with E-state index in [-0.39, 0.29) is 0 Å². The lowest BCUT2D eigenvalue weighted by molar-refractivity contribution is 0.0988. The fraction of sp³-hybridized carbons (Fsp3) is 0.133. The molecule has 2 aromatic rings. The van der Waals surface area contributed by atoms with Crippen LogP contribution in [0, 0.1) is 17.5 Å². The molecule has 0 atom stereocenters.